The average molecular weight is 270 g/mol. The molecule has 0 heterocycles. The third-order valence-electron chi connectivity index (χ3n) is 2.94. The molecule has 1 nitrogen and oxygen atoms in total. The van der Waals surface area contributed by atoms with Crippen LogP contribution in [0.1, 0.15) is 50.0 Å². The van der Waals surface area contributed by atoms with Gasteiger partial charge in [-0.15, -0.1) is 0 Å². The first-order chi connectivity index (χ1) is 9.81. The minimum Gasteiger partial charge on any atom is -0.369 e. The lowest BCUT2D eigenvalue weighted by Crippen LogP contribution is -2.07. The van der Waals surface area contributed by atoms with Crippen LogP contribution in [-0.4, -0.2) is 6.61 Å². The molecule has 2 aromatic carbocycles. The fraction of sp³-hybridized carbons (Fsp3) is 0.368. The van der Waals surface area contributed by atoms with E-state index in [1.807, 2.05) is 19.9 Å². The highest BCUT2D eigenvalue weighted by Gasteiger charge is 2.13. The molecule has 0 aliphatic carbocycles. The predicted molar refractivity (Wildman–Crippen MR) is 87.1 cm³/mol. The fourth-order valence-corrected chi connectivity index (χ4v) is 2.08. The van der Waals surface area contributed by atoms with Gasteiger partial charge in [-0.3, -0.25) is 0 Å². The number of hydrogen-bond donors (Lipinski definition) is 0. The van der Waals surface area contributed by atoms with Gasteiger partial charge in [0.05, 0.1) is 0 Å². The second-order valence-corrected chi connectivity index (χ2v) is 4.58. The van der Waals surface area contributed by atoms with E-state index in [-0.39, 0.29) is 6.10 Å². The predicted octanol–water partition coefficient (Wildman–Crippen LogP) is 5.54. The van der Waals surface area contributed by atoms with Crippen LogP contribution in [0, 0.1) is 6.92 Å². The van der Waals surface area contributed by atoms with Gasteiger partial charge in [0.25, 0.3) is 0 Å². The van der Waals surface area contributed by atoms with E-state index in [0.717, 1.165) is 13.0 Å². The van der Waals surface area contributed by atoms with Crippen molar-refractivity contribution in [2.45, 2.75) is 40.2 Å². The summed E-state index contributed by atoms with van der Waals surface area (Å²) in [6, 6.07) is 19.0. The number of hydrogen-bond acceptors (Lipinski definition) is 1. The molecule has 1 heteroatoms. The van der Waals surface area contributed by atoms with Crippen molar-refractivity contribution in [3.05, 3.63) is 71.3 Å². The summed E-state index contributed by atoms with van der Waals surface area (Å²) in [6.07, 6.45) is 1.08. The summed E-state index contributed by atoms with van der Waals surface area (Å²) in [4.78, 5) is 0. The molecule has 0 spiro atoms. The summed E-state index contributed by atoms with van der Waals surface area (Å²) in [5, 5.41) is 0. The molecule has 0 aliphatic rings. The molecular weight excluding hydrogens is 244 g/mol. The van der Waals surface area contributed by atoms with Gasteiger partial charge in [-0.1, -0.05) is 80.9 Å². The lowest BCUT2D eigenvalue weighted by molar-refractivity contribution is 0.0806. The SMILES string of the molecule is CC.CCCOC(c1ccccc1)c1cccc(C)c1. The minimum atomic E-state index is 0.0473. The Kier molecular flexibility index (Phi) is 7.67. The van der Waals surface area contributed by atoms with Crippen LogP contribution in [0.3, 0.4) is 0 Å². The van der Waals surface area contributed by atoms with Crippen molar-refractivity contribution < 1.29 is 4.74 Å². The van der Waals surface area contributed by atoms with E-state index in [1.165, 1.54) is 16.7 Å². The van der Waals surface area contributed by atoms with Crippen molar-refractivity contribution in [3.63, 3.8) is 0 Å². The summed E-state index contributed by atoms with van der Waals surface area (Å²) in [7, 11) is 0. The molecule has 0 saturated heterocycles. The zero-order chi connectivity index (χ0) is 14.8. The molecule has 108 valence electrons. The summed E-state index contributed by atoms with van der Waals surface area (Å²) in [5.74, 6) is 0. The number of benzene rings is 2. The van der Waals surface area contributed by atoms with Crippen LogP contribution in [0.4, 0.5) is 0 Å². The number of aryl methyl sites for hydroxylation is 1. The maximum atomic E-state index is 6.02. The first kappa shape index (κ1) is 16.5. The molecule has 0 radical (unpaired) electrons. The van der Waals surface area contributed by atoms with Gasteiger partial charge in [0, 0.05) is 6.61 Å². The Morgan fingerprint density at radius 3 is 2.15 bits per heavy atom. The van der Waals surface area contributed by atoms with Crippen LogP contribution in [0.15, 0.2) is 54.6 Å². The first-order valence-corrected chi connectivity index (χ1v) is 7.54. The Morgan fingerprint density at radius 2 is 1.55 bits per heavy atom. The van der Waals surface area contributed by atoms with Gasteiger partial charge < -0.3 is 4.74 Å². The lowest BCUT2D eigenvalue weighted by atomic mass is 10.00. The third-order valence-corrected chi connectivity index (χ3v) is 2.94. The molecule has 0 amide bonds. The van der Waals surface area contributed by atoms with Crippen LogP contribution in [0.25, 0.3) is 0 Å². The topological polar surface area (TPSA) is 9.23 Å². The molecule has 2 aromatic rings. The van der Waals surface area contributed by atoms with Crippen LogP contribution in [0.5, 0.6) is 0 Å². The fourth-order valence-electron chi connectivity index (χ4n) is 2.08. The first-order valence-electron chi connectivity index (χ1n) is 7.54. The highest BCUT2D eigenvalue weighted by molar-refractivity contribution is 5.32. The second-order valence-electron chi connectivity index (χ2n) is 4.58. The maximum absolute atomic E-state index is 6.02. The van der Waals surface area contributed by atoms with Crippen molar-refractivity contribution in [1.82, 2.24) is 0 Å². The molecule has 0 aliphatic heterocycles. The van der Waals surface area contributed by atoms with Gasteiger partial charge >= 0.3 is 0 Å². The Balaban J connectivity index is 0.000000956. The highest BCUT2D eigenvalue weighted by atomic mass is 16.5. The molecular formula is C19H26O. The van der Waals surface area contributed by atoms with Crippen molar-refractivity contribution in [1.29, 1.82) is 0 Å². The van der Waals surface area contributed by atoms with E-state index in [9.17, 15) is 0 Å². The van der Waals surface area contributed by atoms with Crippen LogP contribution in [-0.2, 0) is 4.74 Å². The maximum Gasteiger partial charge on any atom is 0.108 e. The molecule has 0 saturated carbocycles. The van der Waals surface area contributed by atoms with E-state index in [1.54, 1.807) is 0 Å². The van der Waals surface area contributed by atoms with E-state index in [2.05, 4.69) is 62.4 Å². The van der Waals surface area contributed by atoms with E-state index < -0.39 is 0 Å². The van der Waals surface area contributed by atoms with Crippen molar-refractivity contribution >= 4 is 0 Å². The molecule has 2 rings (SSSR count). The number of ether oxygens (including phenoxy) is 1. The molecule has 1 unspecified atom stereocenters. The summed E-state index contributed by atoms with van der Waals surface area (Å²) < 4.78 is 6.02. The lowest BCUT2D eigenvalue weighted by Gasteiger charge is -2.19. The second kappa shape index (κ2) is 9.33. The zero-order valence-electron chi connectivity index (χ0n) is 13.1. The van der Waals surface area contributed by atoms with Gasteiger partial charge in [0.2, 0.25) is 0 Å². The Morgan fingerprint density at radius 1 is 0.900 bits per heavy atom. The van der Waals surface area contributed by atoms with Crippen LogP contribution >= 0.6 is 0 Å². The molecule has 0 aromatic heterocycles. The minimum absolute atomic E-state index is 0.0473. The van der Waals surface area contributed by atoms with Crippen molar-refractivity contribution in [2.75, 3.05) is 6.61 Å². The van der Waals surface area contributed by atoms with Crippen molar-refractivity contribution in [2.24, 2.45) is 0 Å². The van der Waals surface area contributed by atoms with Gasteiger partial charge in [-0.2, -0.15) is 0 Å². The standard InChI is InChI=1S/C17H20O.C2H6/c1-3-12-18-17(15-9-5-4-6-10-15)16-11-7-8-14(2)13-16;1-2/h4-11,13,17H,3,12H2,1-2H3;1-2H3. The molecule has 20 heavy (non-hydrogen) atoms. The van der Waals surface area contributed by atoms with E-state index in [4.69, 9.17) is 4.74 Å². The van der Waals surface area contributed by atoms with Crippen LogP contribution < -0.4 is 0 Å². The molecule has 0 fully saturated rings. The Bertz CT molecular complexity index is 476. The Labute approximate surface area is 123 Å². The molecule has 0 N–H and O–H groups in total. The van der Waals surface area contributed by atoms with Gasteiger partial charge in [0.15, 0.2) is 0 Å². The normalized spacial score (nSPS) is 11.4. The van der Waals surface area contributed by atoms with Gasteiger partial charge in [-0.05, 0) is 24.5 Å². The number of rotatable bonds is 5. The smallest absolute Gasteiger partial charge is 0.108 e. The van der Waals surface area contributed by atoms with Crippen LogP contribution in [0.2, 0.25) is 0 Å². The van der Waals surface area contributed by atoms with E-state index >= 15 is 0 Å². The molecule has 1 atom stereocenters. The summed E-state index contributed by atoms with van der Waals surface area (Å²) >= 11 is 0. The average Bonchev–Trinajstić information content (AvgIpc) is 2.51. The van der Waals surface area contributed by atoms with E-state index in [0.29, 0.717) is 0 Å². The quantitative estimate of drug-likeness (QED) is 0.693. The van der Waals surface area contributed by atoms with Gasteiger partial charge in [0.1, 0.15) is 6.10 Å². The zero-order valence-corrected chi connectivity index (χ0v) is 13.1. The monoisotopic (exact) mass is 270 g/mol. The summed E-state index contributed by atoms with van der Waals surface area (Å²) in [6.45, 7) is 9.04. The summed E-state index contributed by atoms with van der Waals surface area (Å²) in [5.41, 5.74) is 3.72. The van der Waals surface area contributed by atoms with Crippen molar-refractivity contribution in [3.8, 4) is 0 Å². The largest absolute Gasteiger partial charge is 0.369 e. The highest BCUT2D eigenvalue weighted by Crippen LogP contribution is 2.26. The van der Waals surface area contributed by atoms with Gasteiger partial charge in [-0.25, -0.2) is 0 Å². The Hall–Kier alpha value is -1.60. The third kappa shape index (κ3) is 4.82. The molecule has 0 bridgehead atoms.